The predicted molar refractivity (Wildman–Crippen MR) is 98.5 cm³/mol. The summed E-state index contributed by atoms with van der Waals surface area (Å²) in [6.07, 6.45) is 1.25. The zero-order valence-electron chi connectivity index (χ0n) is 14.0. The van der Waals surface area contributed by atoms with Gasteiger partial charge in [0.25, 0.3) is 0 Å². The van der Waals surface area contributed by atoms with Crippen molar-refractivity contribution in [2.24, 2.45) is 0 Å². The number of hydrogen-bond donors (Lipinski definition) is 2. The largest absolute Gasteiger partial charge is 0.352 e. The van der Waals surface area contributed by atoms with Gasteiger partial charge in [-0.15, -0.1) is 0 Å². The van der Waals surface area contributed by atoms with Crippen LogP contribution >= 0.6 is 11.8 Å². The Bertz CT molecular complexity index is 847. The molecule has 25 heavy (non-hydrogen) atoms. The Morgan fingerprint density at radius 2 is 2.12 bits per heavy atom. The minimum atomic E-state index is -2.98. The Kier molecular flexibility index (Phi) is 5.48. The summed E-state index contributed by atoms with van der Waals surface area (Å²) in [5, 5.41) is 3.49. The zero-order chi connectivity index (χ0) is 17.9. The van der Waals surface area contributed by atoms with Crippen molar-refractivity contribution >= 4 is 27.5 Å². The summed E-state index contributed by atoms with van der Waals surface area (Å²) in [7, 11) is -2.98. The number of thioether (sulfide) groups is 1. The molecule has 2 heterocycles. The van der Waals surface area contributed by atoms with Crippen molar-refractivity contribution in [3.05, 3.63) is 47.3 Å². The molecule has 1 fully saturated rings. The van der Waals surface area contributed by atoms with Crippen LogP contribution in [0.1, 0.15) is 23.4 Å². The summed E-state index contributed by atoms with van der Waals surface area (Å²) in [5.41, 5.74) is 3.15. The molecule has 134 valence electrons. The van der Waals surface area contributed by atoms with Crippen molar-refractivity contribution in [3.8, 4) is 0 Å². The summed E-state index contributed by atoms with van der Waals surface area (Å²) in [6, 6.07) is 9.84. The molecule has 1 aliphatic heterocycles. The van der Waals surface area contributed by atoms with Crippen LogP contribution in [-0.2, 0) is 21.1 Å². The second-order valence-electron chi connectivity index (χ2n) is 6.23. The van der Waals surface area contributed by atoms with E-state index in [2.05, 4.69) is 27.4 Å². The average Bonchev–Trinajstić information content (AvgIpc) is 3.08. The van der Waals surface area contributed by atoms with E-state index in [1.807, 2.05) is 25.1 Å². The monoisotopic (exact) mass is 379 g/mol. The van der Waals surface area contributed by atoms with Crippen LogP contribution < -0.4 is 5.32 Å². The normalized spacial score (nSPS) is 19.0. The standard InChI is InChI=1S/C17H21N3O3S2/c1-12-15(9-13-5-3-2-4-6-13)20-17(18-12)24-10-16(21)19-14-7-8-25(22,23)11-14/h2-6,14H,7-11H2,1H3,(H,18,20)(H,19,21)/t14-/m0/s1. The van der Waals surface area contributed by atoms with Gasteiger partial charge in [-0.1, -0.05) is 42.1 Å². The van der Waals surface area contributed by atoms with Gasteiger partial charge >= 0.3 is 0 Å². The van der Waals surface area contributed by atoms with Crippen molar-refractivity contribution < 1.29 is 13.2 Å². The number of aromatic amines is 1. The summed E-state index contributed by atoms with van der Waals surface area (Å²) < 4.78 is 22.8. The highest BCUT2D eigenvalue weighted by Gasteiger charge is 2.28. The van der Waals surface area contributed by atoms with E-state index < -0.39 is 9.84 Å². The van der Waals surface area contributed by atoms with E-state index in [1.165, 1.54) is 17.3 Å². The number of benzene rings is 1. The van der Waals surface area contributed by atoms with Gasteiger partial charge in [0.1, 0.15) is 0 Å². The van der Waals surface area contributed by atoms with E-state index in [-0.39, 0.29) is 29.2 Å². The number of imidazole rings is 1. The third-order valence-corrected chi connectivity index (χ3v) is 6.76. The first-order valence-corrected chi connectivity index (χ1v) is 10.9. The number of rotatable bonds is 6. The van der Waals surface area contributed by atoms with Crippen molar-refractivity contribution in [1.29, 1.82) is 0 Å². The van der Waals surface area contributed by atoms with E-state index in [0.29, 0.717) is 11.6 Å². The lowest BCUT2D eigenvalue weighted by Crippen LogP contribution is -2.36. The SMILES string of the molecule is Cc1[nH]c(SCC(=O)N[C@H]2CCS(=O)(=O)C2)nc1Cc1ccccc1. The molecule has 0 bridgehead atoms. The third-order valence-electron chi connectivity index (χ3n) is 4.12. The summed E-state index contributed by atoms with van der Waals surface area (Å²) >= 11 is 1.33. The molecule has 0 saturated carbocycles. The van der Waals surface area contributed by atoms with E-state index in [0.717, 1.165) is 17.8 Å². The summed E-state index contributed by atoms with van der Waals surface area (Å²) in [6.45, 7) is 1.97. The van der Waals surface area contributed by atoms with Crippen LogP contribution in [0.5, 0.6) is 0 Å². The number of nitrogens with one attached hydrogen (secondary N) is 2. The van der Waals surface area contributed by atoms with Crippen LogP contribution in [0.2, 0.25) is 0 Å². The first-order chi connectivity index (χ1) is 11.9. The van der Waals surface area contributed by atoms with Crippen LogP contribution in [-0.4, -0.2) is 47.6 Å². The molecule has 8 heteroatoms. The summed E-state index contributed by atoms with van der Waals surface area (Å²) in [5.74, 6) is 0.259. The zero-order valence-corrected chi connectivity index (χ0v) is 15.6. The smallest absolute Gasteiger partial charge is 0.230 e. The molecule has 3 rings (SSSR count). The first kappa shape index (κ1) is 18.0. The lowest BCUT2D eigenvalue weighted by Gasteiger charge is -2.09. The quantitative estimate of drug-likeness (QED) is 0.746. The maximum absolute atomic E-state index is 12.0. The molecule has 1 atom stereocenters. The molecular weight excluding hydrogens is 358 g/mol. The number of carbonyl (C=O) groups is 1. The molecule has 1 aliphatic rings. The van der Waals surface area contributed by atoms with Crippen LogP contribution in [0.4, 0.5) is 0 Å². The van der Waals surface area contributed by atoms with Crippen LogP contribution in [0.25, 0.3) is 0 Å². The van der Waals surface area contributed by atoms with Gasteiger partial charge in [-0.25, -0.2) is 13.4 Å². The maximum Gasteiger partial charge on any atom is 0.230 e. The van der Waals surface area contributed by atoms with Gasteiger partial charge in [-0.05, 0) is 18.9 Å². The second-order valence-corrected chi connectivity index (χ2v) is 9.42. The molecular formula is C17H21N3O3S2. The van der Waals surface area contributed by atoms with Crippen LogP contribution in [0.15, 0.2) is 35.5 Å². The molecule has 2 aromatic rings. The van der Waals surface area contributed by atoms with Crippen LogP contribution in [0.3, 0.4) is 0 Å². The fraction of sp³-hybridized carbons (Fsp3) is 0.412. The maximum atomic E-state index is 12.0. The predicted octanol–water partition coefficient (Wildman–Crippen LogP) is 1.70. The first-order valence-electron chi connectivity index (χ1n) is 8.13. The molecule has 1 aromatic carbocycles. The van der Waals surface area contributed by atoms with E-state index >= 15 is 0 Å². The minimum Gasteiger partial charge on any atom is -0.352 e. The average molecular weight is 380 g/mol. The number of sulfone groups is 1. The van der Waals surface area contributed by atoms with Gasteiger partial charge in [-0.2, -0.15) is 0 Å². The number of aromatic nitrogens is 2. The van der Waals surface area contributed by atoms with E-state index in [9.17, 15) is 13.2 Å². The molecule has 1 saturated heterocycles. The van der Waals surface area contributed by atoms with Gasteiger partial charge < -0.3 is 10.3 Å². The van der Waals surface area contributed by atoms with Gasteiger partial charge in [0.15, 0.2) is 15.0 Å². The molecule has 0 spiro atoms. The second kappa shape index (κ2) is 7.61. The van der Waals surface area contributed by atoms with Crippen molar-refractivity contribution in [2.75, 3.05) is 17.3 Å². The highest BCUT2D eigenvalue weighted by Crippen LogP contribution is 2.19. The number of carbonyl (C=O) groups excluding carboxylic acids is 1. The Labute approximate surface area is 151 Å². The number of amides is 1. The Balaban J connectivity index is 1.52. The van der Waals surface area contributed by atoms with Gasteiger partial charge in [0.2, 0.25) is 5.91 Å². The highest BCUT2D eigenvalue weighted by molar-refractivity contribution is 7.99. The van der Waals surface area contributed by atoms with E-state index in [1.54, 1.807) is 0 Å². The number of nitrogens with zero attached hydrogens (tertiary/aromatic N) is 1. The lowest BCUT2D eigenvalue weighted by atomic mass is 10.1. The molecule has 0 unspecified atom stereocenters. The molecule has 1 aromatic heterocycles. The lowest BCUT2D eigenvalue weighted by molar-refractivity contribution is -0.119. The minimum absolute atomic E-state index is 0.0461. The topological polar surface area (TPSA) is 91.9 Å². The Morgan fingerprint density at radius 3 is 2.80 bits per heavy atom. The van der Waals surface area contributed by atoms with Gasteiger partial charge in [-0.3, -0.25) is 4.79 Å². The molecule has 0 aliphatic carbocycles. The molecule has 0 radical (unpaired) electrons. The number of aryl methyl sites for hydroxylation is 1. The molecule has 2 N–H and O–H groups in total. The van der Waals surface area contributed by atoms with Gasteiger partial charge in [0, 0.05) is 18.2 Å². The molecule has 6 nitrogen and oxygen atoms in total. The third kappa shape index (κ3) is 5.09. The number of hydrogen-bond acceptors (Lipinski definition) is 5. The highest BCUT2D eigenvalue weighted by atomic mass is 32.2. The van der Waals surface area contributed by atoms with Crippen molar-refractivity contribution in [1.82, 2.24) is 15.3 Å². The summed E-state index contributed by atoms with van der Waals surface area (Å²) in [4.78, 5) is 19.8. The fourth-order valence-corrected chi connectivity index (χ4v) is 5.23. The van der Waals surface area contributed by atoms with Crippen LogP contribution in [0, 0.1) is 6.92 Å². The van der Waals surface area contributed by atoms with Crippen molar-refractivity contribution in [2.45, 2.75) is 31.0 Å². The Morgan fingerprint density at radius 1 is 1.36 bits per heavy atom. The Hall–Kier alpha value is -1.80. The van der Waals surface area contributed by atoms with E-state index in [4.69, 9.17) is 0 Å². The van der Waals surface area contributed by atoms with Gasteiger partial charge in [0.05, 0.1) is 23.0 Å². The number of H-pyrrole nitrogens is 1. The fourth-order valence-electron chi connectivity index (χ4n) is 2.81. The van der Waals surface area contributed by atoms with Crippen molar-refractivity contribution in [3.63, 3.8) is 0 Å². The molecule has 1 amide bonds.